The maximum atomic E-state index is 13.6. The summed E-state index contributed by atoms with van der Waals surface area (Å²) in [7, 11) is -4.08. The number of carbonyl (C=O) groups is 2. The van der Waals surface area contributed by atoms with Crippen LogP contribution in [0.25, 0.3) is 0 Å². The predicted octanol–water partition coefficient (Wildman–Crippen LogP) is 3.83. The highest BCUT2D eigenvalue weighted by molar-refractivity contribution is 7.98. The van der Waals surface area contributed by atoms with E-state index in [4.69, 9.17) is 14.2 Å². The monoisotopic (exact) mass is 640 g/mol. The van der Waals surface area contributed by atoms with Crippen molar-refractivity contribution in [2.24, 2.45) is 5.10 Å². The molecule has 4 rings (SSSR count). The van der Waals surface area contributed by atoms with Gasteiger partial charge in [-0.1, -0.05) is 0 Å². The van der Waals surface area contributed by atoms with Crippen molar-refractivity contribution in [2.45, 2.75) is 35.7 Å². The molecule has 0 spiro atoms. The van der Waals surface area contributed by atoms with Gasteiger partial charge in [-0.15, -0.1) is 11.8 Å². The van der Waals surface area contributed by atoms with Crippen LogP contribution < -0.4 is 24.5 Å². The van der Waals surface area contributed by atoms with Gasteiger partial charge in [0, 0.05) is 18.0 Å². The molecule has 1 fully saturated rings. The number of benzene rings is 3. The molecule has 1 atom stereocenters. The number of ether oxygens (including phenoxy) is 3. The molecule has 0 bridgehead atoms. The normalized spacial score (nSPS) is 14.7. The summed E-state index contributed by atoms with van der Waals surface area (Å²) in [4.78, 5) is 25.9. The fourth-order valence-corrected chi connectivity index (χ4v) is 6.12. The number of hydrazone groups is 1. The van der Waals surface area contributed by atoms with Gasteiger partial charge in [-0.3, -0.25) is 13.9 Å². The van der Waals surface area contributed by atoms with Gasteiger partial charge in [0.25, 0.3) is 21.8 Å². The van der Waals surface area contributed by atoms with Crippen LogP contribution in [0.3, 0.4) is 0 Å². The summed E-state index contributed by atoms with van der Waals surface area (Å²) in [5, 5.41) is 6.79. The van der Waals surface area contributed by atoms with Gasteiger partial charge in [0.1, 0.15) is 18.0 Å². The molecule has 0 aromatic heterocycles. The predicted molar refractivity (Wildman–Crippen MR) is 170 cm³/mol. The quantitative estimate of drug-likeness (QED) is 0.145. The molecule has 234 valence electrons. The topological polar surface area (TPSA) is 136 Å². The maximum Gasteiger partial charge on any atom is 0.264 e. The molecule has 0 unspecified atom stereocenters. The van der Waals surface area contributed by atoms with Crippen LogP contribution in [0.2, 0.25) is 0 Å². The van der Waals surface area contributed by atoms with E-state index in [1.165, 1.54) is 30.1 Å². The van der Waals surface area contributed by atoms with Gasteiger partial charge in [0.05, 0.1) is 29.5 Å². The highest BCUT2D eigenvalue weighted by Crippen LogP contribution is 2.27. The van der Waals surface area contributed by atoms with Crippen LogP contribution in [0.4, 0.5) is 5.69 Å². The number of carbonyl (C=O) groups excluding carboxylic acids is 2. The van der Waals surface area contributed by atoms with Crippen LogP contribution in [-0.2, 0) is 24.3 Å². The second-order valence-electron chi connectivity index (χ2n) is 9.70. The highest BCUT2D eigenvalue weighted by Gasteiger charge is 2.27. The minimum Gasteiger partial charge on any atom is -0.494 e. The van der Waals surface area contributed by atoms with Crippen LogP contribution in [0.1, 0.15) is 25.3 Å². The molecule has 1 heterocycles. The summed E-state index contributed by atoms with van der Waals surface area (Å²) in [5.74, 6) is 0.224. The van der Waals surface area contributed by atoms with E-state index in [1.807, 2.05) is 13.2 Å². The first kappa shape index (κ1) is 32.8. The summed E-state index contributed by atoms with van der Waals surface area (Å²) >= 11 is 1.50. The third-order valence-corrected chi connectivity index (χ3v) is 9.11. The fraction of sp³-hybridized carbons (Fsp3) is 0.323. The first-order chi connectivity index (χ1) is 21.3. The summed E-state index contributed by atoms with van der Waals surface area (Å²) in [6.07, 6.45) is 5.34. The molecule has 1 saturated heterocycles. The van der Waals surface area contributed by atoms with Gasteiger partial charge in [-0.2, -0.15) is 5.10 Å². The van der Waals surface area contributed by atoms with E-state index in [2.05, 4.69) is 15.8 Å². The number of hydrogen-bond acceptors (Lipinski definition) is 9. The molecule has 11 nitrogen and oxygen atoms in total. The van der Waals surface area contributed by atoms with Crippen molar-refractivity contribution >= 4 is 45.5 Å². The largest absolute Gasteiger partial charge is 0.494 e. The van der Waals surface area contributed by atoms with Gasteiger partial charge in [-0.25, -0.2) is 13.8 Å². The van der Waals surface area contributed by atoms with E-state index in [-0.39, 0.29) is 23.5 Å². The molecule has 2 amide bonds. The van der Waals surface area contributed by atoms with Crippen LogP contribution in [0, 0.1) is 0 Å². The first-order valence-electron chi connectivity index (χ1n) is 14.1. The Labute approximate surface area is 262 Å². The summed E-state index contributed by atoms with van der Waals surface area (Å²) < 4.78 is 44.8. The van der Waals surface area contributed by atoms with Crippen molar-refractivity contribution < 1.29 is 32.2 Å². The number of thioether (sulfide) groups is 1. The molecule has 0 aliphatic carbocycles. The van der Waals surface area contributed by atoms with E-state index < -0.39 is 22.5 Å². The Balaban J connectivity index is 1.35. The van der Waals surface area contributed by atoms with E-state index >= 15 is 0 Å². The van der Waals surface area contributed by atoms with Crippen LogP contribution >= 0.6 is 11.8 Å². The lowest BCUT2D eigenvalue weighted by Gasteiger charge is -2.24. The van der Waals surface area contributed by atoms with Crippen molar-refractivity contribution in [3.63, 3.8) is 0 Å². The fourth-order valence-electron chi connectivity index (χ4n) is 4.29. The third kappa shape index (κ3) is 9.46. The Kier molecular flexibility index (Phi) is 12.0. The zero-order valence-electron chi connectivity index (χ0n) is 24.6. The molecule has 2 N–H and O–H groups in total. The number of hydrogen-bond donors (Lipinski definition) is 2. The van der Waals surface area contributed by atoms with Gasteiger partial charge in [0.15, 0.2) is 6.61 Å². The number of sulfonamides is 1. The Hall–Kier alpha value is -4.07. The Morgan fingerprint density at radius 2 is 1.68 bits per heavy atom. The molecule has 3 aromatic carbocycles. The smallest absolute Gasteiger partial charge is 0.264 e. The van der Waals surface area contributed by atoms with Crippen molar-refractivity contribution in [2.75, 3.05) is 43.5 Å². The Morgan fingerprint density at radius 1 is 1.00 bits per heavy atom. The lowest BCUT2D eigenvalue weighted by molar-refractivity contribution is -0.123. The molecule has 1 aliphatic heterocycles. The number of nitrogens with one attached hydrogen (secondary N) is 2. The SMILES string of the molecule is CCOc1ccc(N(CC(=O)N/N=C\c2ccc(OCC(=O)NC[C@@H]3CCCO3)cc2)S(=O)(=O)c2ccc(SC)cc2)cc1. The number of rotatable bonds is 15. The molecule has 3 aromatic rings. The van der Waals surface area contributed by atoms with E-state index in [1.54, 1.807) is 60.7 Å². The number of amides is 2. The number of nitrogens with zero attached hydrogens (tertiary/aromatic N) is 2. The van der Waals surface area contributed by atoms with E-state index in [0.29, 0.717) is 35.9 Å². The first-order valence-corrected chi connectivity index (χ1v) is 16.8. The molecular formula is C31H36N4O7S2. The molecule has 13 heteroatoms. The molecule has 1 aliphatic rings. The van der Waals surface area contributed by atoms with Crippen molar-refractivity contribution in [1.82, 2.24) is 10.7 Å². The minimum absolute atomic E-state index is 0.0584. The van der Waals surface area contributed by atoms with Gasteiger partial charge in [-0.05, 0) is 104 Å². The zero-order valence-corrected chi connectivity index (χ0v) is 26.2. The van der Waals surface area contributed by atoms with E-state index in [9.17, 15) is 18.0 Å². The summed E-state index contributed by atoms with van der Waals surface area (Å²) in [6, 6.07) is 19.7. The van der Waals surface area contributed by atoms with Crippen molar-refractivity contribution in [3.05, 3.63) is 78.4 Å². The average molecular weight is 641 g/mol. The van der Waals surface area contributed by atoms with Gasteiger partial charge >= 0.3 is 0 Å². The third-order valence-electron chi connectivity index (χ3n) is 6.57. The second kappa shape index (κ2) is 16.1. The van der Waals surface area contributed by atoms with Gasteiger partial charge in [0.2, 0.25) is 0 Å². The maximum absolute atomic E-state index is 13.6. The molecule has 44 heavy (non-hydrogen) atoms. The van der Waals surface area contributed by atoms with Crippen molar-refractivity contribution in [3.8, 4) is 11.5 Å². The minimum atomic E-state index is -4.08. The molecular weight excluding hydrogens is 604 g/mol. The summed E-state index contributed by atoms with van der Waals surface area (Å²) in [5.41, 5.74) is 3.36. The van der Waals surface area contributed by atoms with Crippen LogP contribution in [-0.4, -0.2) is 71.7 Å². The van der Waals surface area contributed by atoms with Crippen LogP contribution in [0.5, 0.6) is 11.5 Å². The second-order valence-corrected chi connectivity index (χ2v) is 12.4. The Morgan fingerprint density at radius 3 is 2.32 bits per heavy atom. The summed E-state index contributed by atoms with van der Waals surface area (Å²) in [6.45, 7) is 2.90. The van der Waals surface area contributed by atoms with Crippen LogP contribution in [0.15, 0.2) is 87.7 Å². The molecule has 0 saturated carbocycles. The Bertz CT molecular complexity index is 1510. The number of anilines is 1. The van der Waals surface area contributed by atoms with Crippen molar-refractivity contribution in [1.29, 1.82) is 0 Å². The highest BCUT2D eigenvalue weighted by atomic mass is 32.2. The lowest BCUT2D eigenvalue weighted by Crippen LogP contribution is -2.39. The van der Waals surface area contributed by atoms with Gasteiger partial charge < -0.3 is 19.5 Å². The van der Waals surface area contributed by atoms with E-state index in [0.717, 1.165) is 28.6 Å². The average Bonchev–Trinajstić information content (AvgIpc) is 3.57. The zero-order chi connectivity index (χ0) is 31.4. The lowest BCUT2D eigenvalue weighted by atomic mass is 10.2. The standard InChI is InChI=1S/C31H36N4O7S2/c1-3-40-25-12-8-24(9-13-25)35(44(38,39)29-16-14-28(43-2)15-17-29)21-30(36)34-33-19-23-6-10-26(11-7-23)42-22-31(37)32-20-27-5-4-18-41-27/h6-17,19,27H,3-5,18,20-22H2,1-2H3,(H,32,37)(H,34,36)/b33-19-/t27-/m0/s1. The molecule has 0 radical (unpaired) electrons.